The average Bonchev–Trinajstić information content (AvgIpc) is 2.47. The first-order chi connectivity index (χ1) is 9.65. The first-order valence-electron chi connectivity index (χ1n) is 6.20. The van der Waals surface area contributed by atoms with E-state index in [1.807, 2.05) is 19.1 Å². The zero-order valence-corrected chi connectivity index (χ0v) is 11.0. The normalized spacial score (nSPS) is 11.7. The van der Waals surface area contributed by atoms with E-state index in [0.29, 0.717) is 12.3 Å². The van der Waals surface area contributed by atoms with Crippen LogP contribution in [0.15, 0.2) is 48.8 Å². The number of aromatic nitrogens is 1. The summed E-state index contributed by atoms with van der Waals surface area (Å²) in [5.74, 6) is 0.611. The van der Waals surface area contributed by atoms with Crippen molar-refractivity contribution in [2.24, 2.45) is 0 Å². The molecule has 1 aromatic carbocycles. The number of nitrogens with one attached hydrogen (secondary N) is 1. The molecular formula is C14H15N3O3. The van der Waals surface area contributed by atoms with Crippen molar-refractivity contribution in [1.29, 1.82) is 0 Å². The molecule has 0 spiro atoms. The molecule has 0 saturated carbocycles. The van der Waals surface area contributed by atoms with E-state index >= 15 is 0 Å². The Kier molecular flexibility index (Phi) is 4.49. The molecule has 0 bridgehead atoms. The lowest BCUT2D eigenvalue weighted by Crippen LogP contribution is -2.22. The van der Waals surface area contributed by atoms with Gasteiger partial charge in [0, 0.05) is 30.2 Å². The molecular weight excluding hydrogens is 258 g/mol. The fourth-order valence-corrected chi connectivity index (χ4v) is 1.65. The molecule has 1 atom stereocenters. The van der Waals surface area contributed by atoms with Crippen LogP contribution in [0.3, 0.4) is 0 Å². The molecule has 6 heteroatoms. The summed E-state index contributed by atoms with van der Waals surface area (Å²) in [4.78, 5) is 14.0. The molecule has 104 valence electrons. The number of nitro benzene ring substituents is 1. The van der Waals surface area contributed by atoms with E-state index in [9.17, 15) is 10.1 Å². The molecule has 6 nitrogen and oxygen atoms in total. The van der Waals surface area contributed by atoms with Crippen molar-refractivity contribution in [3.05, 3.63) is 58.9 Å². The molecule has 0 amide bonds. The topological polar surface area (TPSA) is 77.3 Å². The van der Waals surface area contributed by atoms with Crippen molar-refractivity contribution in [2.45, 2.75) is 13.0 Å². The quantitative estimate of drug-likeness (QED) is 0.646. The third-order valence-electron chi connectivity index (χ3n) is 2.66. The van der Waals surface area contributed by atoms with Crippen molar-refractivity contribution in [2.75, 3.05) is 11.9 Å². The van der Waals surface area contributed by atoms with Crippen LogP contribution in [0, 0.1) is 10.1 Å². The molecule has 1 heterocycles. The monoisotopic (exact) mass is 273 g/mol. The largest absolute Gasteiger partial charge is 0.489 e. The summed E-state index contributed by atoms with van der Waals surface area (Å²) < 4.78 is 5.67. The molecule has 0 fully saturated rings. The lowest BCUT2D eigenvalue weighted by Gasteiger charge is -2.16. The third kappa shape index (κ3) is 3.94. The Balaban J connectivity index is 1.85. The second-order valence-corrected chi connectivity index (χ2v) is 4.30. The molecule has 1 unspecified atom stereocenters. The fraction of sp³-hybridized carbons (Fsp3) is 0.214. The highest BCUT2D eigenvalue weighted by Crippen LogP contribution is 2.18. The van der Waals surface area contributed by atoms with Gasteiger partial charge in [-0.3, -0.25) is 15.1 Å². The Hall–Kier alpha value is -2.63. The van der Waals surface area contributed by atoms with Crippen LogP contribution in [-0.2, 0) is 0 Å². The Morgan fingerprint density at radius 2 is 1.90 bits per heavy atom. The molecule has 2 aromatic rings. The lowest BCUT2D eigenvalue weighted by atomic mass is 10.3. The van der Waals surface area contributed by atoms with Gasteiger partial charge in [0.1, 0.15) is 11.9 Å². The second-order valence-electron chi connectivity index (χ2n) is 4.30. The number of pyridine rings is 1. The smallest absolute Gasteiger partial charge is 0.269 e. The van der Waals surface area contributed by atoms with Crippen molar-refractivity contribution < 1.29 is 9.66 Å². The van der Waals surface area contributed by atoms with Crippen LogP contribution < -0.4 is 10.1 Å². The number of benzene rings is 1. The van der Waals surface area contributed by atoms with Gasteiger partial charge in [-0.2, -0.15) is 0 Å². The molecule has 20 heavy (non-hydrogen) atoms. The minimum Gasteiger partial charge on any atom is -0.489 e. The Bertz CT molecular complexity index is 558. The molecule has 1 N–H and O–H groups in total. The predicted molar refractivity (Wildman–Crippen MR) is 75.9 cm³/mol. The van der Waals surface area contributed by atoms with Crippen molar-refractivity contribution in [3.8, 4) is 5.75 Å². The molecule has 0 aliphatic rings. The van der Waals surface area contributed by atoms with Crippen molar-refractivity contribution in [1.82, 2.24) is 4.98 Å². The highest BCUT2D eigenvalue weighted by atomic mass is 16.6. The first kappa shape index (κ1) is 13.8. The fourth-order valence-electron chi connectivity index (χ4n) is 1.65. The Morgan fingerprint density at radius 1 is 1.25 bits per heavy atom. The maximum absolute atomic E-state index is 10.5. The number of hydrogen-bond donors (Lipinski definition) is 1. The zero-order valence-electron chi connectivity index (χ0n) is 11.0. The Labute approximate surface area is 116 Å². The standard InChI is InChI=1S/C14H15N3O3/c1-11(10-16-12-6-8-15-9-7-12)20-14-4-2-13(3-5-14)17(18)19/h2-9,11H,10H2,1H3,(H,15,16). The zero-order chi connectivity index (χ0) is 14.4. The van der Waals surface area contributed by atoms with E-state index in [1.54, 1.807) is 24.5 Å². The maximum Gasteiger partial charge on any atom is 0.269 e. The average molecular weight is 273 g/mol. The molecule has 2 rings (SSSR count). The summed E-state index contributed by atoms with van der Waals surface area (Å²) in [5.41, 5.74) is 1.03. The number of ether oxygens (including phenoxy) is 1. The van der Waals surface area contributed by atoms with E-state index < -0.39 is 4.92 Å². The molecule has 0 aliphatic carbocycles. The van der Waals surface area contributed by atoms with Crippen LogP contribution in [0.1, 0.15) is 6.92 Å². The van der Waals surface area contributed by atoms with Crippen LogP contribution in [0.25, 0.3) is 0 Å². The van der Waals surface area contributed by atoms with Crippen LogP contribution >= 0.6 is 0 Å². The van der Waals surface area contributed by atoms with E-state index in [1.165, 1.54) is 12.1 Å². The third-order valence-corrected chi connectivity index (χ3v) is 2.66. The lowest BCUT2D eigenvalue weighted by molar-refractivity contribution is -0.384. The number of nitro groups is 1. The molecule has 0 saturated heterocycles. The first-order valence-corrected chi connectivity index (χ1v) is 6.20. The van der Waals surface area contributed by atoms with Gasteiger partial charge in [0.25, 0.3) is 5.69 Å². The van der Waals surface area contributed by atoms with Gasteiger partial charge in [0.2, 0.25) is 0 Å². The van der Waals surface area contributed by atoms with Gasteiger partial charge >= 0.3 is 0 Å². The van der Waals surface area contributed by atoms with Gasteiger partial charge in [-0.15, -0.1) is 0 Å². The van der Waals surface area contributed by atoms with E-state index in [2.05, 4.69) is 10.3 Å². The summed E-state index contributed by atoms with van der Waals surface area (Å²) in [7, 11) is 0. The second kappa shape index (κ2) is 6.51. The number of non-ortho nitro benzene ring substituents is 1. The highest BCUT2D eigenvalue weighted by molar-refractivity contribution is 5.41. The summed E-state index contributed by atoms with van der Waals surface area (Å²) in [6.45, 7) is 2.55. The Morgan fingerprint density at radius 3 is 2.50 bits per heavy atom. The highest BCUT2D eigenvalue weighted by Gasteiger charge is 2.07. The van der Waals surface area contributed by atoms with Crippen molar-refractivity contribution in [3.63, 3.8) is 0 Å². The summed E-state index contributed by atoms with van der Waals surface area (Å²) in [6, 6.07) is 9.80. The number of hydrogen-bond acceptors (Lipinski definition) is 5. The van der Waals surface area contributed by atoms with Crippen molar-refractivity contribution >= 4 is 11.4 Å². The molecule has 1 aromatic heterocycles. The van der Waals surface area contributed by atoms with E-state index in [0.717, 1.165) is 5.69 Å². The van der Waals surface area contributed by atoms with Gasteiger partial charge in [-0.1, -0.05) is 0 Å². The van der Waals surface area contributed by atoms with Gasteiger partial charge in [0.05, 0.1) is 11.5 Å². The number of rotatable bonds is 6. The summed E-state index contributed by atoms with van der Waals surface area (Å²) in [5, 5.41) is 13.8. The van der Waals surface area contributed by atoms with Gasteiger partial charge in [0.15, 0.2) is 0 Å². The predicted octanol–water partition coefficient (Wildman–Crippen LogP) is 2.87. The maximum atomic E-state index is 10.5. The molecule has 0 aliphatic heterocycles. The minimum absolute atomic E-state index is 0.0555. The molecule has 0 radical (unpaired) electrons. The van der Waals surface area contributed by atoms with Crippen LogP contribution in [0.4, 0.5) is 11.4 Å². The number of anilines is 1. The van der Waals surface area contributed by atoms with Crippen LogP contribution in [-0.4, -0.2) is 22.6 Å². The van der Waals surface area contributed by atoms with Gasteiger partial charge in [-0.25, -0.2) is 0 Å². The summed E-state index contributed by atoms with van der Waals surface area (Å²) in [6.07, 6.45) is 3.36. The van der Waals surface area contributed by atoms with Crippen LogP contribution in [0.5, 0.6) is 5.75 Å². The summed E-state index contributed by atoms with van der Waals surface area (Å²) >= 11 is 0. The minimum atomic E-state index is -0.432. The van der Waals surface area contributed by atoms with E-state index in [-0.39, 0.29) is 11.8 Å². The number of nitrogens with zero attached hydrogens (tertiary/aromatic N) is 2. The van der Waals surface area contributed by atoms with Gasteiger partial charge in [-0.05, 0) is 31.2 Å². The van der Waals surface area contributed by atoms with Gasteiger partial charge < -0.3 is 10.1 Å². The SMILES string of the molecule is CC(CNc1ccncc1)Oc1ccc([N+](=O)[O-])cc1. The van der Waals surface area contributed by atoms with Crippen LogP contribution in [0.2, 0.25) is 0 Å². The van der Waals surface area contributed by atoms with E-state index in [4.69, 9.17) is 4.74 Å².